The normalized spacial score (nSPS) is 16.9. The van der Waals surface area contributed by atoms with E-state index in [2.05, 4.69) is 46.9 Å². The van der Waals surface area contributed by atoms with Crippen molar-refractivity contribution in [1.29, 1.82) is 0 Å². The number of fused-ring (bicyclic) bond motifs is 1. The second kappa shape index (κ2) is 10.8. The number of nitrogens with one attached hydrogen (secondary N) is 1. The monoisotopic (exact) mass is 401 g/mol. The van der Waals surface area contributed by atoms with Crippen LogP contribution in [0.15, 0.2) is 30.9 Å². The van der Waals surface area contributed by atoms with Crippen LogP contribution in [0.3, 0.4) is 0 Å². The lowest BCUT2D eigenvalue weighted by Crippen LogP contribution is -2.44. The van der Waals surface area contributed by atoms with E-state index in [1.165, 1.54) is 43.4 Å². The Morgan fingerprint density at radius 3 is 2.93 bits per heavy atom. The Hall–Kier alpha value is -1.59. The van der Waals surface area contributed by atoms with Crippen molar-refractivity contribution in [2.24, 2.45) is 0 Å². The molecule has 1 heterocycles. The standard InChI is InChI=1S/C23H35N3OS/c1-3-14-25(2)15-7-8-17-27-21-11-12-22-19(18-21)13-16-26(22)23(28)24-20-9-5-4-6-10-20/h3,11-12,18,20H,1,4-10,13-17H2,2H3,(H,24,28). The molecule has 154 valence electrons. The molecular weight excluding hydrogens is 366 g/mol. The van der Waals surface area contributed by atoms with Gasteiger partial charge in [-0.15, -0.1) is 6.58 Å². The fraction of sp³-hybridized carbons (Fsp3) is 0.609. The molecule has 1 fully saturated rings. The Labute approximate surface area is 175 Å². The average Bonchev–Trinajstić information content (AvgIpc) is 3.12. The first-order valence-electron chi connectivity index (χ1n) is 10.8. The summed E-state index contributed by atoms with van der Waals surface area (Å²) in [7, 11) is 2.13. The van der Waals surface area contributed by atoms with E-state index in [1.807, 2.05) is 6.08 Å². The van der Waals surface area contributed by atoms with Gasteiger partial charge in [-0.25, -0.2) is 0 Å². The number of unbranched alkanes of at least 4 members (excludes halogenated alkanes) is 1. The zero-order chi connectivity index (χ0) is 19.8. The molecule has 0 amide bonds. The van der Waals surface area contributed by atoms with Crippen molar-refractivity contribution in [3.05, 3.63) is 36.4 Å². The Morgan fingerprint density at radius 1 is 1.32 bits per heavy atom. The third-order valence-electron chi connectivity index (χ3n) is 5.77. The maximum atomic E-state index is 5.98. The fourth-order valence-electron chi connectivity index (χ4n) is 4.16. The van der Waals surface area contributed by atoms with E-state index >= 15 is 0 Å². The number of nitrogens with zero attached hydrogens (tertiary/aromatic N) is 2. The van der Waals surface area contributed by atoms with Crippen molar-refractivity contribution >= 4 is 23.0 Å². The van der Waals surface area contributed by atoms with Crippen LogP contribution in [0, 0.1) is 0 Å². The highest BCUT2D eigenvalue weighted by Gasteiger charge is 2.24. The van der Waals surface area contributed by atoms with E-state index in [9.17, 15) is 0 Å². The number of hydrogen-bond donors (Lipinski definition) is 1. The first-order valence-corrected chi connectivity index (χ1v) is 11.2. The lowest BCUT2D eigenvalue weighted by atomic mass is 9.96. The van der Waals surface area contributed by atoms with Crippen LogP contribution in [0.1, 0.15) is 50.5 Å². The van der Waals surface area contributed by atoms with Gasteiger partial charge >= 0.3 is 0 Å². The molecule has 1 aromatic carbocycles. The van der Waals surface area contributed by atoms with Crippen molar-refractivity contribution in [2.45, 2.75) is 57.4 Å². The molecule has 1 aliphatic heterocycles. The Balaban J connectivity index is 1.45. The number of benzene rings is 1. The van der Waals surface area contributed by atoms with Gasteiger partial charge in [-0.3, -0.25) is 0 Å². The van der Waals surface area contributed by atoms with E-state index in [4.69, 9.17) is 17.0 Å². The van der Waals surface area contributed by atoms with E-state index in [0.29, 0.717) is 6.04 Å². The summed E-state index contributed by atoms with van der Waals surface area (Å²) in [6.07, 6.45) is 11.7. The van der Waals surface area contributed by atoms with Crippen LogP contribution in [-0.2, 0) is 6.42 Å². The van der Waals surface area contributed by atoms with Crippen LogP contribution in [0.5, 0.6) is 5.75 Å². The summed E-state index contributed by atoms with van der Waals surface area (Å²) in [5, 5.41) is 4.49. The zero-order valence-corrected chi connectivity index (χ0v) is 18.1. The number of likely N-dealkylation sites (N-methyl/N-ethyl adjacent to an activating group) is 1. The summed E-state index contributed by atoms with van der Waals surface area (Å²) in [5.41, 5.74) is 2.59. The van der Waals surface area contributed by atoms with Crippen LogP contribution in [0.4, 0.5) is 5.69 Å². The zero-order valence-electron chi connectivity index (χ0n) is 17.3. The van der Waals surface area contributed by atoms with Gasteiger partial charge in [-0.05, 0) is 81.7 Å². The molecule has 0 spiro atoms. The van der Waals surface area contributed by atoms with Crippen LogP contribution >= 0.6 is 12.2 Å². The minimum absolute atomic E-state index is 0.554. The molecule has 1 aliphatic carbocycles. The first kappa shape index (κ1) is 21.1. The highest BCUT2D eigenvalue weighted by molar-refractivity contribution is 7.80. The fourth-order valence-corrected chi connectivity index (χ4v) is 4.52. The molecule has 1 N–H and O–H groups in total. The van der Waals surface area contributed by atoms with E-state index in [0.717, 1.165) is 56.4 Å². The number of anilines is 1. The maximum Gasteiger partial charge on any atom is 0.173 e. The molecule has 0 saturated heterocycles. The van der Waals surface area contributed by atoms with Gasteiger partial charge in [0.1, 0.15) is 5.75 Å². The molecule has 0 unspecified atom stereocenters. The third kappa shape index (κ3) is 5.95. The second-order valence-electron chi connectivity index (χ2n) is 8.08. The molecule has 3 rings (SSSR count). The minimum atomic E-state index is 0.554. The third-order valence-corrected chi connectivity index (χ3v) is 6.11. The smallest absolute Gasteiger partial charge is 0.173 e. The van der Waals surface area contributed by atoms with Gasteiger partial charge in [0.15, 0.2) is 5.11 Å². The van der Waals surface area contributed by atoms with E-state index in [-0.39, 0.29) is 0 Å². The number of ether oxygens (including phenoxy) is 1. The Morgan fingerprint density at radius 2 is 2.14 bits per heavy atom. The first-order chi connectivity index (χ1) is 13.7. The lowest BCUT2D eigenvalue weighted by Gasteiger charge is -2.28. The van der Waals surface area contributed by atoms with Crippen LogP contribution in [0.25, 0.3) is 0 Å². The number of rotatable bonds is 9. The van der Waals surface area contributed by atoms with E-state index in [1.54, 1.807) is 0 Å². The van der Waals surface area contributed by atoms with Gasteiger partial charge < -0.3 is 19.9 Å². The maximum absolute atomic E-state index is 5.98. The topological polar surface area (TPSA) is 27.7 Å². The summed E-state index contributed by atoms with van der Waals surface area (Å²) < 4.78 is 5.98. The Kier molecular flexibility index (Phi) is 8.16. The molecule has 1 aromatic rings. The second-order valence-corrected chi connectivity index (χ2v) is 8.47. The van der Waals surface area contributed by atoms with Crippen LogP contribution < -0.4 is 15.0 Å². The van der Waals surface area contributed by atoms with Crippen molar-refractivity contribution in [3.8, 4) is 5.75 Å². The van der Waals surface area contributed by atoms with Crippen molar-refractivity contribution < 1.29 is 4.74 Å². The van der Waals surface area contributed by atoms with Gasteiger partial charge in [-0.2, -0.15) is 0 Å². The van der Waals surface area contributed by atoms with Crippen molar-refractivity contribution in [3.63, 3.8) is 0 Å². The number of thiocarbonyl (C=S) groups is 1. The molecular formula is C23H35N3OS. The molecule has 4 nitrogen and oxygen atoms in total. The minimum Gasteiger partial charge on any atom is -0.494 e. The largest absolute Gasteiger partial charge is 0.494 e. The highest BCUT2D eigenvalue weighted by atomic mass is 32.1. The molecule has 2 aliphatic rings. The summed E-state index contributed by atoms with van der Waals surface area (Å²) in [4.78, 5) is 4.54. The van der Waals surface area contributed by atoms with Crippen LogP contribution in [0.2, 0.25) is 0 Å². The summed E-state index contributed by atoms with van der Waals surface area (Å²) in [6, 6.07) is 7.01. The van der Waals surface area contributed by atoms with Gasteiger partial charge in [-0.1, -0.05) is 25.3 Å². The van der Waals surface area contributed by atoms with Crippen molar-refractivity contribution in [1.82, 2.24) is 10.2 Å². The summed E-state index contributed by atoms with van der Waals surface area (Å²) in [6.45, 7) is 7.54. The van der Waals surface area contributed by atoms with Crippen molar-refractivity contribution in [2.75, 3.05) is 38.2 Å². The predicted octanol–water partition coefficient (Wildman–Crippen LogP) is 4.53. The quantitative estimate of drug-likeness (QED) is 0.373. The molecule has 0 bridgehead atoms. The van der Waals surface area contributed by atoms with E-state index < -0.39 is 0 Å². The van der Waals surface area contributed by atoms with Gasteiger partial charge in [0.25, 0.3) is 0 Å². The van der Waals surface area contributed by atoms with Crippen LogP contribution in [-0.4, -0.2) is 49.3 Å². The summed E-state index contributed by atoms with van der Waals surface area (Å²) >= 11 is 5.72. The number of hydrogen-bond acceptors (Lipinski definition) is 3. The van der Waals surface area contributed by atoms with Gasteiger partial charge in [0, 0.05) is 24.8 Å². The Bertz CT molecular complexity index is 657. The molecule has 0 radical (unpaired) electrons. The SMILES string of the molecule is C=CCN(C)CCCCOc1ccc2c(c1)CCN2C(=S)NC1CCCCC1. The van der Waals surface area contributed by atoms with Gasteiger partial charge in [0.2, 0.25) is 0 Å². The molecule has 28 heavy (non-hydrogen) atoms. The lowest BCUT2D eigenvalue weighted by molar-refractivity contribution is 0.287. The molecule has 0 aromatic heterocycles. The highest BCUT2D eigenvalue weighted by Crippen LogP contribution is 2.32. The molecule has 0 atom stereocenters. The molecule has 1 saturated carbocycles. The van der Waals surface area contributed by atoms with Gasteiger partial charge in [0.05, 0.1) is 6.61 Å². The molecule has 5 heteroatoms. The average molecular weight is 402 g/mol. The predicted molar refractivity (Wildman–Crippen MR) is 123 cm³/mol. The summed E-state index contributed by atoms with van der Waals surface area (Å²) in [5.74, 6) is 0.978.